The van der Waals surface area contributed by atoms with E-state index < -0.39 is 0 Å². The number of nitrogens with two attached hydrogens (primary N) is 1. The Morgan fingerprint density at radius 3 is 2.86 bits per heavy atom. The third-order valence-electron chi connectivity index (χ3n) is 3.92. The summed E-state index contributed by atoms with van der Waals surface area (Å²) >= 11 is 0. The molecule has 0 aromatic heterocycles. The summed E-state index contributed by atoms with van der Waals surface area (Å²) in [5.74, 6) is -0.0351. The molecule has 3 N–H and O–H groups in total. The van der Waals surface area contributed by atoms with Gasteiger partial charge in [0.25, 0.3) is 0 Å². The summed E-state index contributed by atoms with van der Waals surface area (Å²) in [7, 11) is 0. The van der Waals surface area contributed by atoms with Gasteiger partial charge in [0.15, 0.2) is 0 Å². The molecule has 2 rings (SSSR count). The molecule has 122 valence electrons. The molecule has 0 saturated carbocycles. The monoisotopic (exact) mass is 306 g/mol. The summed E-state index contributed by atoms with van der Waals surface area (Å²) < 4.78 is 11.3. The third-order valence-corrected chi connectivity index (χ3v) is 3.92. The minimum Gasteiger partial charge on any atom is -0.374 e. The fraction of sp³-hybridized carbons (Fsp3) is 0.588. The molecule has 0 spiro atoms. The van der Waals surface area contributed by atoms with Crippen LogP contribution in [0.1, 0.15) is 37.9 Å². The number of carbonyl (C=O) groups is 1. The van der Waals surface area contributed by atoms with Crippen molar-refractivity contribution in [2.24, 2.45) is 5.73 Å². The van der Waals surface area contributed by atoms with Crippen LogP contribution in [0.5, 0.6) is 0 Å². The van der Waals surface area contributed by atoms with E-state index in [2.05, 4.69) is 17.4 Å². The molecule has 1 amide bonds. The molecule has 1 aliphatic rings. The minimum atomic E-state index is -0.335. The van der Waals surface area contributed by atoms with Gasteiger partial charge in [0.1, 0.15) is 6.10 Å². The molecule has 0 radical (unpaired) electrons. The fourth-order valence-electron chi connectivity index (χ4n) is 2.55. The zero-order chi connectivity index (χ0) is 15.8. The van der Waals surface area contributed by atoms with Crippen LogP contribution in [-0.4, -0.2) is 37.8 Å². The van der Waals surface area contributed by atoms with Crippen molar-refractivity contribution in [1.82, 2.24) is 5.32 Å². The highest BCUT2D eigenvalue weighted by Gasteiger charge is 2.29. The van der Waals surface area contributed by atoms with Gasteiger partial charge in [-0.3, -0.25) is 4.79 Å². The maximum absolute atomic E-state index is 11.9. The van der Waals surface area contributed by atoms with E-state index in [9.17, 15) is 4.79 Å². The first-order valence-corrected chi connectivity index (χ1v) is 8.00. The molecule has 1 aliphatic heterocycles. The molecule has 1 heterocycles. The predicted molar refractivity (Wildman–Crippen MR) is 85.4 cm³/mol. The van der Waals surface area contributed by atoms with Crippen molar-refractivity contribution in [3.05, 3.63) is 35.9 Å². The quantitative estimate of drug-likeness (QED) is 0.718. The number of ether oxygens (including phenoxy) is 2. The molecular weight excluding hydrogens is 280 g/mol. The van der Waals surface area contributed by atoms with Crippen molar-refractivity contribution >= 4 is 5.91 Å². The van der Waals surface area contributed by atoms with Gasteiger partial charge in [-0.2, -0.15) is 0 Å². The summed E-state index contributed by atoms with van der Waals surface area (Å²) in [6.45, 7) is 3.74. The Hall–Kier alpha value is -1.43. The Bertz CT molecular complexity index is 452. The van der Waals surface area contributed by atoms with E-state index in [1.165, 1.54) is 5.56 Å². The molecule has 1 saturated heterocycles. The average molecular weight is 306 g/mol. The van der Waals surface area contributed by atoms with Crippen LogP contribution >= 0.6 is 0 Å². The molecule has 0 aliphatic carbocycles. The first-order chi connectivity index (χ1) is 10.7. The molecule has 3 atom stereocenters. The molecule has 1 aromatic rings. The van der Waals surface area contributed by atoms with E-state index in [0.717, 1.165) is 19.3 Å². The largest absolute Gasteiger partial charge is 0.374 e. The summed E-state index contributed by atoms with van der Waals surface area (Å²) in [5.41, 5.74) is 6.70. The highest BCUT2D eigenvalue weighted by atomic mass is 16.5. The lowest BCUT2D eigenvalue weighted by Crippen LogP contribution is -2.36. The van der Waals surface area contributed by atoms with Crippen LogP contribution in [0.3, 0.4) is 0 Å². The van der Waals surface area contributed by atoms with Crippen molar-refractivity contribution in [3.8, 4) is 0 Å². The predicted octanol–water partition coefficient (Wildman–Crippen LogP) is 1.78. The van der Waals surface area contributed by atoms with Gasteiger partial charge in [-0.15, -0.1) is 0 Å². The smallest absolute Gasteiger partial charge is 0.249 e. The van der Waals surface area contributed by atoms with E-state index in [0.29, 0.717) is 19.7 Å². The first-order valence-electron chi connectivity index (χ1n) is 8.00. The second-order valence-electron chi connectivity index (χ2n) is 5.63. The van der Waals surface area contributed by atoms with Crippen LogP contribution in [-0.2, 0) is 14.3 Å². The van der Waals surface area contributed by atoms with Crippen molar-refractivity contribution in [3.63, 3.8) is 0 Å². The highest BCUT2D eigenvalue weighted by Crippen LogP contribution is 2.19. The Morgan fingerprint density at radius 1 is 1.41 bits per heavy atom. The van der Waals surface area contributed by atoms with Crippen molar-refractivity contribution in [1.29, 1.82) is 0 Å². The van der Waals surface area contributed by atoms with Crippen LogP contribution in [0.2, 0.25) is 0 Å². The molecule has 1 aromatic carbocycles. The molecule has 22 heavy (non-hydrogen) atoms. The van der Waals surface area contributed by atoms with Gasteiger partial charge < -0.3 is 20.5 Å². The van der Waals surface area contributed by atoms with Gasteiger partial charge in [-0.05, 0) is 31.7 Å². The Balaban J connectivity index is 1.57. The molecule has 1 fully saturated rings. The van der Waals surface area contributed by atoms with Gasteiger partial charge in [-0.25, -0.2) is 0 Å². The zero-order valence-electron chi connectivity index (χ0n) is 13.2. The SMILES string of the molecule is CC(OCCCNC(=O)[C@@H]1CC[C@H](CN)O1)c1ccccc1. The van der Waals surface area contributed by atoms with E-state index in [1.807, 2.05) is 25.1 Å². The Labute approximate surface area is 132 Å². The fourth-order valence-corrected chi connectivity index (χ4v) is 2.55. The summed E-state index contributed by atoms with van der Waals surface area (Å²) in [6.07, 6.45) is 2.18. The standard InChI is InChI=1S/C17H26N2O3/c1-13(14-6-3-2-4-7-14)21-11-5-10-19-17(20)16-9-8-15(12-18)22-16/h2-4,6-7,13,15-16H,5,8-12,18H2,1H3,(H,19,20)/t13?,15-,16+/m1/s1. The summed E-state index contributed by atoms with van der Waals surface area (Å²) in [4.78, 5) is 11.9. The van der Waals surface area contributed by atoms with Crippen molar-refractivity contribution in [2.45, 2.75) is 44.5 Å². The van der Waals surface area contributed by atoms with Gasteiger partial charge in [0.05, 0.1) is 12.2 Å². The topological polar surface area (TPSA) is 73.6 Å². The van der Waals surface area contributed by atoms with Crippen LogP contribution in [0.25, 0.3) is 0 Å². The van der Waals surface area contributed by atoms with E-state index in [4.69, 9.17) is 15.2 Å². The van der Waals surface area contributed by atoms with E-state index >= 15 is 0 Å². The first kappa shape index (κ1) is 16.9. The maximum atomic E-state index is 11.9. The number of amides is 1. The van der Waals surface area contributed by atoms with Crippen LogP contribution < -0.4 is 11.1 Å². The number of hydrogen-bond donors (Lipinski definition) is 2. The second kappa shape index (κ2) is 8.88. The number of rotatable bonds is 8. The Kier molecular flexibility index (Phi) is 6.83. The van der Waals surface area contributed by atoms with Gasteiger partial charge in [0.2, 0.25) is 5.91 Å². The number of carbonyl (C=O) groups excluding carboxylic acids is 1. The lowest BCUT2D eigenvalue weighted by molar-refractivity contribution is -0.131. The van der Waals surface area contributed by atoms with Crippen molar-refractivity contribution < 1.29 is 14.3 Å². The third kappa shape index (κ3) is 5.09. The summed E-state index contributed by atoms with van der Waals surface area (Å²) in [5, 5.41) is 2.90. The molecule has 5 nitrogen and oxygen atoms in total. The number of nitrogens with one attached hydrogen (secondary N) is 1. The average Bonchev–Trinajstić information content (AvgIpc) is 3.04. The van der Waals surface area contributed by atoms with Crippen molar-refractivity contribution in [2.75, 3.05) is 19.7 Å². The minimum absolute atomic E-state index is 0.0332. The second-order valence-corrected chi connectivity index (χ2v) is 5.63. The zero-order valence-corrected chi connectivity index (χ0v) is 13.2. The Morgan fingerprint density at radius 2 is 2.18 bits per heavy atom. The van der Waals surface area contributed by atoms with Crippen LogP contribution in [0.4, 0.5) is 0 Å². The van der Waals surface area contributed by atoms with Gasteiger partial charge in [-0.1, -0.05) is 30.3 Å². The van der Waals surface area contributed by atoms with E-state index in [1.54, 1.807) is 0 Å². The molecule has 0 bridgehead atoms. The maximum Gasteiger partial charge on any atom is 0.249 e. The lowest BCUT2D eigenvalue weighted by Gasteiger charge is -2.15. The lowest BCUT2D eigenvalue weighted by atomic mass is 10.1. The molecule has 1 unspecified atom stereocenters. The van der Waals surface area contributed by atoms with Gasteiger partial charge >= 0.3 is 0 Å². The normalized spacial score (nSPS) is 22.5. The number of hydrogen-bond acceptors (Lipinski definition) is 4. The molecule has 5 heteroatoms. The number of benzene rings is 1. The van der Waals surface area contributed by atoms with Crippen LogP contribution in [0, 0.1) is 0 Å². The highest BCUT2D eigenvalue weighted by molar-refractivity contribution is 5.80. The van der Waals surface area contributed by atoms with Crippen LogP contribution in [0.15, 0.2) is 30.3 Å². The van der Waals surface area contributed by atoms with Gasteiger partial charge in [0, 0.05) is 19.7 Å². The molecular formula is C17H26N2O3. The summed E-state index contributed by atoms with van der Waals surface area (Å²) in [6, 6.07) is 10.1. The van der Waals surface area contributed by atoms with E-state index in [-0.39, 0.29) is 24.2 Å².